The number of hydrogen-bond donors (Lipinski definition) is 0. The molecular weight excluding hydrogens is 753 g/mol. The van der Waals surface area contributed by atoms with Crippen LogP contribution in [-0.4, -0.2) is 53.1 Å². The van der Waals surface area contributed by atoms with Gasteiger partial charge in [-0.1, -0.05) is 113 Å². The van der Waals surface area contributed by atoms with Crippen LogP contribution >= 0.6 is 46.6 Å². The highest BCUT2D eigenvalue weighted by molar-refractivity contribution is 7.99. The number of aryl methyl sites for hydroxylation is 1. The van der Waals surface area contributed by atoms with Crippen molar-refractivity contribution in [1.29, 1.82) is 0 Å². The number of nitrogens with zero attached hydrogens (tertiary/aromatic N) is 1. The van der Waals surface area contributed by atoms with Crippen molar-refractivity contribution in [2.45, 2.75) is 61.4 Å². The van der Waals surface area contributed by atoms with E-state index in [2.05, 4.69) is 0 Å². The summed E-state index contributed by atoms with van der Waals surface area (Å²) in [4.78, 5) is 30.7. The highest BCUT2D eigenvalue weighted by atomic mass is 35.5. The number of carbonyl (C=O) groups excluding carboxylic acids is 2. The van der Waals surface area contributed by atoms with Crippen molar-refractivity contribution in [1.82, 2.24) is 4.90 Å². The largest absolute Gasteiger partial charge is 0.374 e. The monoisotopic (exact) mass is 787 g/mol. The molecule has 0 bridgehead atoms. The molecule has 0 saturated carbocycles. The van der Waals surface area contributed by atoms with Crippen LogP contribution in [0.2, 0.25) is 15.1 Å². The lowest BCUT2D eigenvalue weighted by atomic mass is 9.95. The Kier molecular flexibility index (Phi) is 12.2. The quantitative estimate of drug-likeness (QED) is 0.110. The number of ether oxygens (including phenoxy) is 4. The molecule has 7 nitrogen and oxygen atoms in total. The summed E-state index contributed by atoms with van der Waals surface area (Å²) in [5.74, 6) is -0.828. The fourth-order valence-corrected chi connectivity index (χ4v) is 7.99. The van der Waals surface area contributed by atoms with Crippen LogP contribution in [0.1, 0.15) is 43.0 Å². The van der Waals surface area contributed by atoms with E-state index in [-0.39, 0.29) is 19.8 Å². The van der Waals surface area contributed by atoms with E-state index in [9.17, 15) is 9.59 Å². The lowest BCUT2D eigenvalue weighted by Gasteiger charge is -2.48. The topological polar surface area (TPSA) is 74.3 Å². The second-order valence-corrected chi connectivity index (χ2v) is 15.4. The molecule has 2 amide bonds. The maximum Gasteiger partial charge on any atom is 0.262 e. The van der Waals surface area contributed by atoms with Gasteiger partial charge in [-0.25, -0.2) is 0 Å². The van der Waals surface area contributed by atoms with Crippen LogP contribution in [0.5, 0.6) is 0 Å². The minimum absolute atomic E-state index is 0.133. The first-order valence-electron chi connectivity index (χ1n) is 17.1. The van der Waals surface area contributed by atoms with Gasteiger partial charge in [-0.05, 0) is 84.3 Å². The maximum atomic E-state index is 14.2. The van der Waals surface area contributed by atoms with Gasteiger partial charge >= 0.3 is 0 Å². The number of imide groups is 1. The average molecular weight is 789 g/mol. The molecule has 11 heteroatoms. The van der Waals surface area contributed by atoms with Gasteiger partial charge in [-0.15, -0.1) is 0 Å². The Balaban J connectivity index is 1.28. The highest BCUT2D eigenvalue weighted by Crippen LogP contribution is 2.41. The zero-order chi connectivity index (χ0) is 36.9. The average Bonchev–Trinajstić information content (AvgIpc) is 3.41. The van der Waals surface area contributed by atoms with Crippen molar-refractivity contribution < 1.29 is 28.5 Å². The Labute approximate surface area is 328 Å². The van der Waals surface area contributed by atoms with Crippen LogP contribution in [0.3, 0.4) is 0 Å². The Morgan fingerprint density at radius 1 is 0.623 bits per heavy atom. The molecule has 2 heterocycles. The molecule has 5 atom stereocenters. The van der Waals surface area contributed by atoms with Crippen molar-refractivity contribution in [3.8, 4) is 0 Å². The van der Waals surface area contributed by atoms with Crippen LogP contribution in [-0.2, 0) is 38.8 Å². The van der Waals surface area contributed by atoms with Crippen LogP contribution in [0.25, 0.3) is 0 Å². The zero-order valence-corrected chi connectivity index (χ0v) is 31.8. The molecule has 1 saturated heterocycles. The van der Waals surface area contributed by atoms with Gasteiger partial charge in [-0.2, -0.15) is 0 Å². The van der Waals surface area contributed by atoms with Crippen LogP contribution in [0.15, 0.2) is 126 Å². The molecule has 0 aromatic heterocycles. The molecule has 0 spiro atoms. The van der Waals surface area contributed by atoms with Gasteiger partial charge in [0, 0.05) is 20.0 Å². The maximum absolute atomic E-state index is 14.2. The van der Waals surface area contributed by atoms with Gasteiger partial charge in [0.2, 0.25) is 0 Å². The number of rotatable bonds is 13. The molecule has 2 aliphatic rings. The van der Waals surface area contributed by atoms with Crippen LogP contribution in [0, 0.1) is 6.92 Å². The van der Waals surface area contributed by atoms with Crippen molar-refractivity contribution in [2.24, 2.45) is 0 Å². The lowest BCUT2D eigenvalue weighted by molar-refractivity contribution is -0.223. The number of hydrogen-bond acceptors (Lipinski definition) is 7. The van der Waals surface area contributed by atoms with Gasteiger partial charge in [-0.3, -0.25) is 14.5 Å². The van der Waals surface area contributed by atoms with Crippen molar-refractivity contribution in [2.75, 3.05) is 6.61 Å². The Hall–Kier alpha value is -3.70. The second-order valence-electron chi connectivity index (χ2n) is 12.9. The van der Waals surface area contributed by atoms with E-state index in [0.29, 0.717) is 32.8 Å². The predicted octanol–water partition coefficient (Wildman–Crippen LogP) is 9.82. The van der Waals surface area contributed by atoms with Gasteiger partial charge in [0.05, 0.1) is 37.6 Å². The third kappa shape index (κ3) is 8.99. The van der Waals surface area contributed by atoms with E-state index in [1.807, 2.05) is 79.7 Å². The number of thioether (sulfide) groups is 1. The molecule has 0 N–H and O–H groups in total. The minimum atomic E-state index is -0.899. The van der Waals surface area contributed by atoms with E-state index < -0.39 is 41.6 Å². The highest BCUT2D eigenvalue weighted by Gasteiger charge is 2.55. The first kappa shape index (κ1) is 37.6. The number of fused-ring (bicyclic) bond motifs is 1. The summed E-state index contributed by atoms with van der Waals surface area (Å²) in [5, 5.41) is 1.84. The predicted molar refractivity (Wildman–Crippen MR) is 208 cm³/mol. The smallest absolute Gasteiger partial charge is 0.262 e. The fraction of sp³-hybridized carbons (Fsp3) is 0.238. The Bertz CT molecular complexity index is 1990. The van der Waals surface area contributed by atoms with E-state index >= 15 is 0 Å². The molecule has 5 aromatic rings. The first-order chi connectivity index (χ1) is 25.7. The zero-order valence-electron chi connectivity index (χ0n) is 28.7. The number of carbonyl (C=O) groups is 2. The van der Waals surface area contributed by atoms with Gasteiger partial charge in [0.15, 0.2) is 0 Å². The molecule has 0 aliphatic carbocycles. The van der Waals surface area contributed by atoms with Gasteiger partial charge in [0.25, 0.3) is 11.8 Å². The van der Waals surface area contributed by atoms with E-state index in [1.54, 1.807) is 48.5 Å². The standard InChI is InChI=1S/C42H36Cl3NO6S/c1-26-6-20-33(21-7-26)53-42-37(46-40(47)34-4-2-3-5-35(34)41(46)48)39(51-24-29-12-18-32(45)19-13-29)38(50-23-28-10-16-31(44)17-11-28)36(52-42)25-49-22-27-8-14-30(43)15-9-27/h2-21,36-39,42H,22-25H2,1H3/t36-,37-,38+,39-,42+/m1/s1. The Morgan fingerprint density at radius 3 is 1.60 bits per heavy atom. The third-order valence-electron chi connectivity index (χ3n) is 9.19. The Morgan fingerprint density at radius 2 is 1.09 bits per heavy atom. The molecule has 0 radical (unpaired) electrons. The lowest BCUT2D eigenvalue weighted by Crippen LogP contribution is -2.65. The summed E-state index contributed by atoms with van der Waals surface area (Å²) in [7, 11) is 0. The van der Waals surface area contributed by atoms with Crippen molar-refractivity contribution in [3.05, 3.63) is 170 Å². The molecular formula is C42H36Cl3NO6S. The number of benzene rings is 5. The molecule has 1 fully saturated rings. The normalized spacial score (nSPS) is 21.2. The second kappa shape index (κ2) is 17.2. The summed E-state index contributed by atoms with van der Waals surface area (Å²) in [6, 6.07) is 36.2. The summed E-state index contributed by atoms with van der Waals surface area (Å²) in [6.07, 6.45) is -2.30. The fourth-order valence-electron chi connectivity index (χ4n) is 6.44. The van der Waals surface area contributed by atoms with E-state index in [4.69, 9.17) is 53.8 Å². The van der Waals surface area contributed by atoms with Gasteiger partial charge in [0.1, 0.15) is 29.8 Å². The summed E-state index contributed by atoms with van der Waals surface area (Å²) >= 11 is 20.0. The van der Waals surface area contributed by atoms with E-state index in [1.165, 1.54) is 16.7 Å². The van der Waals surface area contributed by atoms with Gasteiger partial charge < -0.3 is 18.9 Å². The minimum Gasteiger partial charge on any atom is -0.374 e. The SMILES string of the molecule is Cc1ccc(S[C@@H]2O[C@H](COCc3ccc(Cl)cc3)[C@H](OCc3ccc(Cl)cc3)[C@H](OCc3ccc(Cl)cc3)[C@H]2N2C(=O)c3ccccc3C2=O)cc1. The molecule has 0 unspecified atom stereocenters. The first-order valence-corrected chi connectivity index (χ1v) is 19.1. The molecule has 272 valence electrons. The molecule has 7 rings (SSSR count). The molecule has 2 aliphatic heterocycles. The summed E-state index contributed by atoms with van der Waals surface area (Å²) in [5.41, 5.74) is 3.68. The molecule has 53 heavy (non-hydrogen) atoms. The number of halogens is 3. The summed E-state index contributed by atoms with van der Waals surface area (Å²) in [6.45, 7) is 2.79. The third-order valence-corrected chi connectivity index (χ3v) is 11.1. The van der Waals surface area contributed by atoms with Crippen LogP contribution < -0.4 is 0 Å². The summed E-state index contributed by atoms with van der Waals surface area (Å²) < 4.78 is 26.8. The van der Waals surface area contributed by atoms with E-state index in [0.717, 1.165) is 27.1 Å². The van der Waals surface area contributed by atoms with Crippen molar-refractivity contribution >= 4 is 58.4 Å². The van der Waals surface area contributed by atoms with Crippen molar-refractivity contribution in [3.63, 3.8) is 0 Å². The molecule has 5 aromatic carbocycles. The van der Waals surface area contributed by atoms with Crippen LogP contribution in [0.4, 0.5) is 0 Å². The number of amides is 2.